The van der Waals surface area contributed by atoms with E-state index < -0.39 is 7.82 Å². The first kappa shape index (κ1) is 17.7. The number of carbonyl (C=O) groups excluding carboxylic acids is 1. The highest BCUT2D eigenvalue weighted by Gasteiger charge is 2.24. The standard InChI is InChI=1S/C11H23O6P/c1-11(12)7-5-4-6-8-16-18(13,15-3)17-10-9-14-2/h4-10H2,1-3H3. The number of hydrogen-bond donors (Lipinski definition) is 0. The number of phosphoric acid groups is 1. The van der Waals surface area contributed by atoms with Crippen LogP contribution >= 0.6 is 7.82 Å². The molecule has 1 atom stereocenters. The van der Waals surface area contributed by atoms with E-state index in [2.05, 4.69) is 0 Å². The molecule has 0 bridgehead atoms. The fraction of sp³-hybridized carbons (Fsp3) is 0.909. The number of Topliss-reactive ketones (excluding diaryl/α,β-unsaturated/α-hetero) is 1. The third-order valence-electron chi connectivity index (χ3n) is 2.18. The van der Waals surface area contributed by atoms with Crippen LogP contribution in [-0.4, -0.2) is 39.8 Å². The zero-order valence-electron chi connectivity index (χ0n) is 11.3. The minimum atomic E-state index is -3.44. The van der Waals surface area contributed by atoms with E-state index in [9.17, 15) is 9.36 Å². The van der Waals surface area contributed by atoms with Gasteiger partial charge < -0.3 is 9.53 Å². The first-order chi connectivity index (χ1) is 8.54. The number of phosphoric ester groups is 1. The number of rotatable bonds is 12. The third-order valence-corrected chi connectivity index (χ3v) is 3.63. The number of ether oxygens (including phenoxy) is 1. The van der Waals surface area contributed by atoms with Crippen LogP contribution in [0, 0.1) is 0 Å². The Kier molecular flexibility index (Phi) is 10.5. The predicted octanol–water partition coefficient (Wildman–Crippen LogP) is 2.57. The lowest BCUT2D eigenvalue weighted by Gasteiger charge is -2.15. The molecule has 0 aromatic rings. The smallest absolute Gasteiger partial charge is 0.382 e. The highest BCUT2D eigenvalue weighted by atomic mass is 31.2. The van der Waals surface area contributed by atoms with E-state index in [1.807, 2.05) is 0 Å². The second-order valence-corrected chi connectivity index (χ2v) is 5.58. The molecule has 7 heteroatoms. The van der Waals surface area contributed by atoms with Gasteiger partial charge in [0.2, 0.25) is 0 Å². The normalized spacial score (nSPS) is 14.4. The zero-order chi connectivity index (χ0) is 13.9. The van der Waals surface area contributed by atoms with Gasteiger partial charge in [0, 0.05) is 20.6 Å². The van der Waals surface area contributed by atoms with Gasteiger partial charge in [-0.1, -0.05) is 6.42 Å². The van der Waals surface area contributed by atoms with Gasteiger partial charge in [-0.15, -0.1) is 0 Å². The maximum absolute atomic E-state index is 11.8. The molecule has 6 nitrogen and oxygen atoms in total. The van der Waals surface area contributed by atoms with Crippen molar-refractivity contribution < 1.29 is 27.7 Å². The Labute approximate surface area is 109 Å². The predicted molar refractivity (Wildman–Crippen MR) is 67.5 cm³/mol. The summed E-state index contributed by atoms with van der Waals surface area (Å²) in [6.07, 6.45) is 2.96. The summed E-state index contributed by atoms with van der Waals surface area (Å²) in [7, 11) is -0.639. The van der Waals surface area contributed by atoms with Gasteiger partial charge in [-0.3, -0.25) is 13.6 Å². The van der Waals surface area contributed by atoms with Crippen LogP contribution in [0.15, 0.2) is 0 Å². The fourth-order valence-electron chi connectivity index (χ4n) is 1.20. The molecular formula is C11H23O6P. The summed E-state index contributed by atoms with van der Waals surface area (Å²) in [4.78, 5) is 10.7. The lowest BCUT2D eigenvalue weighted by atomic mass is 10.1. The van der Waals surface area contributed by atoms with Gasteiger partial charge in [-0.05, 0) is 19.8 Å². The molecule has 0 aliphatic rings. The Morgan fingerprint density at radius 3 is 2.22 bits per heavy atom. The Bertz CT molecular complexity index is 268. The lowest BCUT2D eigenvalue weighted by molar-refractivity contribution is -0.117. The first-order valence-electron chi connectivity index (χ1n) is 5.97. The summed E-state index contributed by atoms with van der Waals surface area (Å²) in [6.45, 7) is 2.34. The molecule has 0 fully saturated rings. The van der Waals surface area contributed by atoms with Crippen LogP contribution in [0.4, 0.5) is 0 Å². The molecule has 0 aliphatic carbocycles. The molecule has 0 saturated heterocycles. The molecule has 1 unspecified atom stereocenters. The van der Waals surface area contributed by atoms with Gasteiger partial charge >= 0.3 is 7.82 Å². The Balaban J connectivity index is 3.65. The van der Waals surface area contributed by atoms with E-state index in [0.717, 1.165) is 12.8 Å². The highest BCUT2D eigenvalue weighted by Crippen LogP contribution is 2.48. The molecule has 0 radical (unpaired) electrons. The van der Waals surface area contributed by atoms with Gasteiger partial charge in [0.15, 0.2) is 0 Å². The van der Waals surface area contributed by atoms with Crippen LogP contribution in [-0.2, 0) is 27.7 Å². The van der Waals surface area contributed by atoms with Crippen molar-refractivity contribution >= 4 is 13.6 Å². The van der Waals surface area contributed by atoms with Crippen LogP contribution in [0.5, 0.6) is 0 Å². The molecule has 0 rings (SSSR count). The van der Waals surface area contributed by atoms with Crippen molar-refractivity contribution in [3.63, 3.8) is 0 Å². The van der Waals surface area contributed by atoms with Crippen molar-refractivity contribution in [3.8, 4) is 0 Å². The summed E-state index contributed by atoms with van der Waals surface area (Å²) in [5.74, 6) is 0.182. The number of carbonyl (C=O) groups is 1. The van der Waals surface area contributed by atoms with Gasteiger partial charge in [0.1, 0.15) is 5.78 Å². The second-order valence-electron chi connectivity index (χ2n) is 3.80. The monoisotopic (exact) mass is 282 g/mol. The number of methoxy groups -OCH3 is 1. The molecule has 108 valence electrons. The van der Waals surface area contributed by atoms with E-state index in [1.54, 1.807) is 6.92 Å². The lowest BCUT2D eigenvalue weighted by Crippen LogP contribution is -2.04. The molecule has 0 aromatic heterocycles. The molecule has 0 amide bonds. The number of unbranched alkanes of at least 4 members (excludes halogenated alkanes) is 2. The Hall–Kier alpha value is -0.260. The molecule has 18 heavy (non-hydrogen) atoms. The van der Waals surface area contributed by atoms with E-state index in [1.165, 1.54) is 14.2 Å². The van der Waals surface area contributed by atoms with E-state index in [-0.39, 0.29) is 19.0 Å². The van der Waals surface area contributed by atoms with Crippen LogP contribution in [0.25, 0.3) is 0 Å². The SMILES string of the molecule is COCCOP(=O)(OC)OCCCCCC(C)=O. The summed E-state index contributed by atoms with van der Waals surface area (Å²) in [6, 6.07) is 0. The van der Waals surface area contributed by atoms with Crippen molar-refractivity contribution in [2.45, 2.75) is 32.6 Å². The second kappa shape index (κ2) is 10.6. The number of ketones is 1. The molecular weight excluding hydrogens is 259 g/mol. The summed E-state index contributed by atoms with van der Waals surface area (Å²) in [5.41, 5.74) is 0. The largest absolute Gasteiger partial charge is 0.474 e. The van der Waals surface area contributed by atoms with Gasteiger partial charge in [0.05, 0.1) is 19.8 Å². The van der Waals surface area contributed by atoms with Gasteiger partial charge in [0.25, 0.3) is 0 Å². The fourth-order valence-corrected chi connectivity index (χ4v) is 2.14. The van der Waals surface area contributed by atoms with E-state index >= 15 is 0 Å². The van der Waals surface area contributed by atoms with Crippen molar-refractivity contribution in [1.29, 1.82) is 0 Å². The number of hydrogen-bond acceptors (Lipinski definition) is 6. The average molecular weight is 282 g/mol. The van der Waals surface area contributed by atoms with Gasteiger partial charge in [-0.25, -0.2) is 4.57 Å². The molecule has 0 N–H and O–H groups in total. The van der Waals surface area contributed by atoms with Crippen LogP contribution < -0.4 is 0 Å². The Morgan fingerprint density at radius 2 is 1.67 bits per heavy atom. The third kappa shape index (κ3) is 9.74. The van der Waals surface area contributed by atoms with Crippen molar-refractivity contribution in [2.24, 2.45) is 0 Å². The van der Waals surface area contributed by atoms with Crippen molar-refractivity contribution in [3.05, 3.63) is 0 Å². The van der Waals surface area contributed by atoms with Crippen LogP contribution in [0.1, 0.15) is 32.6 Å². The highest BCUT2D eigenvalue weighted by molar-refractivity contribution is 7.48. The van der Waals surface area contributed by atoms with Gasteiger partial charge in [-0.2, -0.15) is 0 Å². The molecule has 0 spiro atoms. The topological polar surface area (TPSA) is 71.1 Å². The maximum Gasteiger partial charge on any atom is 0.474 e. The summed E-state index contributed by atoms with van der Waals surface area (Å²) >= 11 is 0. The molecule has 0 aromatic carbocycles. The van der Waals surface area contributed by atoms with E-state index in [4.69, 9.17) is 18.3 Å². The summed E-state index contributed by atoms with van der Waals surface area (Å²) in [5, 5.41) is 0. The van der Waals surface area contributed by atoms with Crippen LogP contribution in [0.2, 0.25) is 0 Å². The minimum Gasteiger partial charge on any atom is -0.382 e. The zero-order valence-corrected chi connectivity index (χ0v) is 12.2. The van der Waals surface area contributed by atoms with Crippen LogP contribution in [0.3, 0.4) is 0 Å². The van der Waals surface area contributed by atoms with Crippen molar-refractivity contribution in [1.82, 2.24) is 0 Å². The Morgan fingerprint density at radius 1 is 1.00 bits per heavy atom. The van der Waals surface area contributed by atoms with E-state index in [0.29, 0.717) is 19.4 Å². The molecule has 0 aliphatic heterocycles. The maximum atomic E-state index is 11.8. The van der Waals surface area contributed by atoms with Crippen molar-refractivity contribution in [2.75, 3.05) is 34.0 Å². The first-order valence-corrected chi connectivity index (χ1v) is 7.43. The summed E-state index contributed by atoms with van der Waals surface area (Å²) < 4.78 is 31.4. The molecule has 0 heterocycles. The quantitative estimate of drug-likeness (QED) is 0.404. The average Bonchev–Trinajstić information content (AvgIpc) is 2.33. The molecule has 0 saturated carbocycles. The minimum absolute atomic E-state index is 0.159.